The average molecular weight is 556 g/mol. The lowest BCUT2D eigenvalue weighted by Crippen LogP contribution is -2.52. The molecule has 2 aromatic carbocycles. The number of thioether (sulfide) groups is 1. The molecule has 1 atom stereocenters. The molecule has 0 unspecified atom stereocenters. The van der Waals surface area contributed by atoms with E-state index in [0.29, 0.717) is 25.2 Å². The van der Waals surface area contributed by atoms with E-state index in [1.807, 2.05) is 12.1 Å². The lowest BCUT2D eigenvalue weighted by Gasteiger charge is -2.35. The summed E-state index contributed by atoms with van der Waals surface area (Å²) in [6.45, 7) is 9.23. The maximum Gasteiger partial charge on any atom is 0.273 e. The summed E-state index contributed by atoms with van der Waals surface area (Å²) in [5.41, 5.74) is 2.21. The number of carbonyl (C=O) groups is 1. The van der Waals surface area contributed by atoms with E-state index in [2.05, 4.69) is 48.1 Å². The maximum absolute atomic E-state index is 13.0. The Kier molecular flexibility index (Phi) is 8.39. The summed E-state index contributed by atoms with van der Waals surface area (Å²) in [4.78, 5) is 30.3. The molecular weight excluding hydrogens is 522 g/mol. The maximum atomic E-state index is 13.0. The molecule has 0 aliphatic carbocycles. The number of hydrogen-bond donors (Lipinski definition) is 1. The van der Waals surface area contributed by atoms with Gasteiger partial charge >= 0.3 is 0 Å². The number of piperazine rings is 1. The minimum absolute atomic E-state index is 0.0518. The first-order valence-electron chi connectivity index (χ1n) is 12.5. The fourth-order valence-electron chi connectivity index (χ4n) is 4.20. The minimum Gasteiger partial charge on any atom is -0.339 e. The molecule has 2 heterocycles. The van der Waals surface area contributed by atoms with Crippen LogP contribution in [0.1, 0.15) is 44.5 Å². The molecule has 1 fully saturated rings. The van der Waals surface area contributed by atoms with Crippen LogP contribution in [0.15, 0.2) is 69.4 Å². The molecule has 9 nitrogen and oxygen atoms in total. The number of aromatic amines is 1. The zero-order chi connectivity index (χ0) is 27.5. The SMILES string of the molecule is C[C@@H](Sc1nnc(Cc2ccc(C(C)(C)C)cc2)c(=O)[nH]1)C(=O)N1CCN(S(=O)(=O)c2ccccc2)CC1. The van der Waals surface area contributed by atoms with Crippen molar-refractivity contribution in [2.45, 2.75) is 54.8 Å². The van der Waals surface area contributed by atoms with Crippen molar-refractivity contribution in [3.8, 4) is 0 Å². The molecule has 202 valence electrons. The number of aromatic nitrogens is 3. The number of carbonyl (C=O) groups excluding carboxylic acids is 1. The fourth-order valence-corrected chi connectivity index (χ4v) is 6.46. The van der Waals surface area contributed by atoms with Crippen molar-refractivity contribution in [1.82, 2.24) is 24.4 Å². The van der Waals surface area contributed by atoms with Gasteiger partial charge in [0.05, 0.1) is 10.1 Å². The molecular formula is C27H33N5O4S2. The van der Waals surface area contributed by atoms with Gasteiger partial charge in [-0.25, -0.2) is 8.42 Å². The summed E-state index contributed by atoms with van der Waals surface area (Å²) in [5.74, 6) is -0.141. The van der Waals surface area contributed by atoms with Crippen LogP contribution < -0.4 is 5.56 Å². The summed E-state index contributed by atoms with van der Waals surface area (Å²) in [7, 11) is -3.59. The number of amides is 1. The predicted molar refractivity (Wildman–Crippen MR) is 148 cm³/mol. The molecule has 1 amide bonds. The van der Waals surface area contributed by atoms with Gasteiger partial charge in [-0.2, -0.15) is 4.31 Å². The van der Waals surface area contributed by atoms with Crippen LogP contribution in [0.4, 0.5) is 0 Å². The van der Waals surface area contributed by atoms with Crippen molar-refractivity contribution in [1.29, 1.82) is 0 Å². The summed E-state index contributed by atoms with van der Waals surface area (Å²) in [6, 6.07) is 16.4. The largest absolute Gasteiger partial charge is 0.339 e. The molecule has 1 saturated heterocycles. The van der Waals surface area contributed by atoms with Gasteiger partial charge < -0.3 is 4.90 Å². The molecule has 11 heteroatoms. The zero-order valence-corrected chi connectivity index (χ0v) is 23.7. The first kappa shape index (κ1) is 28.0. The molecule has 0 radical (unpaired) electrons. The number of benzene rings is 2. The van der Waals surface area contributed by atoms with E-state index in [1.165, 1.54) is 9.87 Å². The van der Waals surface area contributed by atoms with E-state index in [9.17, 15) is 18.0 Å². The van der Waals surface area contributed by atoms with E-state index in [0.717, 1.165) is 17.3 Å². The van der Waals surface area contributed by atoms with Crippen LogP contribution in [0.25, 0.3) is 0 Å². The molecule has 0 spiro atoms. The Hall–Kier alpha value is -3.02. The monoisotopic (exact) mass is 555 g/mol. The average Bonchev–Trinajstić information content (AvgIpc) is 2.90. The number of nitrogens with one attached hydrogen (secondary N) is 1. The van der Waals surface area contributed by atoms with E-state index in [1.54, 1.807) is 42.2 Å². The normalized spacial score (nSPS) is 15.8. The van der Waals surface area contributed by atoms with Crippen molar-refractivity contribution in [3.63, 3.8) is 0 Å². The lowest BCUT2D eigenvalue weighted by molar-refractivity contribution is -0.131. The van der Waals surface area contributed by atoms with Gasteiger partial charge in [0.2, 0.25) is 15.9 Å². The molecule has 1 aliphatic heterocycles. The Morgan fingerprint density at radius 2 is 1.63 bits per heavy atom. The molecule has 4 rings (SSSR count). The highest BCUT2D eigenvalue weighted by molar-refractivity contribution is 8.00. The Bertz CT molecular complexity index is 1430. The summed E-state index contributed by atoms with van der Waals surface area (Å²) in [6.07, 6.45) is 0.363. The Morgan fingerprint density at radius 3 is 2.21 bits per heavy atom. The molecule has 0 saturated carbocycles. The van der Waals surface area contributed by atoms with Gasteiger partial charge in [-0.3, -0.25) is 14.6 Å². The third kappa shape index (κ3) is 6.51. The van der Waals surface area contributed by atoms with Gasteiger partial charge in [0.25, 0.3) is 5.56 Å². The van der Waals surface area contributed by atoms with Crippen LogP contribution in [0.5, 0.6) is 0 Å². The number of nitrogens with zero attached hydrogens (tertiary/aromatic N) is 4. The summed E-state index contributed by atoms with van der Waals surface area (Å²) >= 11 is 1.13. The summed E-state index contributed by atoms with van der Waals surface area (Å²) < 4.78 is 27.1. The van der Waals surface area contributed by atoms with Crippen LogP contribution in [0.3, 0.4) is 0 Å². The smallest absolute Gasteiger partial charge is 0.273 e. The van der Waals surface area contributed by atoms with Gasteiger partial charge in [-0.1, -0.05) is 75.0 Å². The number of rotatable bonds is 7. The number of sulfonamides is 1. The molecule has 3 aromatic rings. The zero-order valence-electron chi connectivity index (χ0n) is 22.0. The van der Waals surface area contributed by atoms with E-state index in [4.69, 9.17) is 0 Å². The van der Waals surface area contributed by atoms with Crippen molar-refractivity contribution >= 4 is 27.7 Å². The molecule has 1 aromatic heterocycles. The van der Waals surface area contributed by atoms with E-state index >= 15 is 0 Å². The molecule has 0 bridgehead atoms. The summed E-state index contributed by atoms with van der Waals surface area (Å²) in [5, 5.41) is 8.01. The van der Waals surface area contributed by atoms with Crippen molar-refractivity contribution in [2.75, 3.05) is 26.2 Å². The fraction of sp³-hybridized carbons (Fsp3) is 0.407. The van der Waals surface area contributed by atoms with Gasteiger partial charge in [0.15, 0.2) is 5.16 Å². The van der Waals surface area contributed by atoms with Gasteiger partial charge in [0.1, 0.15) is 5.69 Å². The highest BCUT2D eigenvalue weighted by Gasteiger charge is 2.32. The molecule has 38 heavy (non-hydrogen) atoms. The minimum atomic E-state index is -3.59. The van der Waals surface area contributed by atoms with Crippen molar-refractivity contribution in [3.05, 3.63) is 81.8 Å². The Balaban J connectivity index is 1.33. The Morgan fingerprint density at radius 1 is 1.00 bits per heavy atom. The van der Waals surface area contributed by atoms with Crippen LogP contribution in [0, 0.1) is 0 Å². The van der Waals surface area contributed by atoms with Gasteiger partial charge in [-0.15, -0.1) is 10.2 Å². The van der Waals surface area contributed by atoms with E-state index < -0.39 is 15.3 Å². The van der Waals surface area contributed by atoms with Gasteiger partial charge in [-0.05, 0) is 35.6 Å². The van der Waals surface area contributed by atoms with E-state index in [-0.39, 0.29) is 40.0 Å². The third-order valence-corrected chi connectivity index (χ3v) is 9.38. The van der Waals surface area contributed by atoms with Crippen LogP contribution in [-0.2, 0) is 26.7 Å². The topological polar surface area (TPSA) is 116 Å². The highest BCUT2D eigenvalue weighted by atomic mass is 32.2. The number of hydrogen-bond acceptors (Lipinski definition) is 7. The van der Waals surface area contributed by atoms with Crippen LogP contribution in [-0.4, -0.2) is 70.1 Å². The predicted octanol–water partition coefficient (Wildman–Crippen LogP) is 3.07. The quantitative estimate of drug-likeness (QED) is 0.446. The first-order valence-corrected chi connectivity index (χ1v) is 14.8. The standard InChI is InChI=1S/C27H33N5O4S2/c1-19(25(34)31-14-16-32(17-15-31)38(35,36)22-8-6-5-7-9-22)37-26-28-24(33)23(29-30-26)18-20-10-12-21(13-11-20)27(2,3)4/h5-13,19H,14-18H2,1-4H3,(H,28,30,33)/t19-/m1/s1. The highest BCUT2D eigenvalue weighted by Crippen LogP contribution is 2.24. The lowest BCUT2D eigenvalue weighted by atomic mass is 9.86. The second-order valence-electron chi connectivity index (χ2n) is 10.3. The Labute approximate surface area is 227 Å². The third-order valence-electron chi connectivity index (χ3n) is 6.50. The number of H-pyrrole nitrogens is 1. The van der Waals surface area contributed by atoms with Gasteiger partial charge in [0, 0.05) is 32.6 Å². The second-order valence-corrected chi connectivity index (χ2v) is 13.6. The molecule has 1 N–H and O–H groups in total. The molecule has 1 aliphatic rings. The first-order chi connectivity index (χ1) is 17.9. The van der Waals surface area contributed by atoms with Crippen molar-refractivity contribution in [2.24, 2.45) is 0 Å². The van der Waals surface area contributed by atoms with Crippen LogP contribution >= 0.6 is 11.8 Å². The second kappa shape index (κ2) is 11.4. The van der Waals surface area contributed by atoms with Crippen molar-refractivity contribution < 1.29 is 13.2 Å². The van der Waals surface area contributed by atoms with Crippen LogP contribution in [0.2, 0.25) is 0 Å².